The van der Waals surface area contributed by atoms with Gasteiger partial charge in [-0.2, -0.15) is 0 Å². The summed E-state index contributed by atoms with van der Waals surface area (Å²) >= 11 is 6.51. The molecule has 1 unspecified atom stereocenters. The smallest absolute Gasteiger partial charge is 0.173 e. The number of fused-ring (bicyclic) bond motifs is 1. The highest BCUT2D eigenvalue weighted by molar-refractivity contribution is 6.32. The number of aliphatic hydroxyl groups is 1. The Bertz CT molecular complexity index is 1240. The summed E-state index contributed by atoms with van der Waals surface area (Å²) in [4.78, 5) is 2.23. The van der Waals surface area contributed by atoms with Crippen LogP contribution in [0.2, 0.25) is 5.02 Å². The van der Waals surface area contributed by atoms with Crippen molar-refractivity contribution in [3.8, 4) is 5.75 Å². The summed E-state index contributed by atoms with van der Waals surface area (Å²) < 4.78 is 39.5. The van der Waals surface area contributed by atoms with E-state index in [0.717, 1.165) is 79.6 Å². The number of rotatable bonds is 11. The molecule has 0 amide bonds. The Balaban J connectivity index is 1.72. The van der Waals surface area contributed by atoms with Crippen molar-refractivity contribution in [3.05, 3.63) is 93.7 Å². The molecule has 2 atom stereocenters. The molecule has 4 rings (SSSR count). The molecular weight excluding hydrogens is 544 g/mol. The van der Waals surface area contributed by atoms with Gasteiger partial charge in [-0.1, -0.05) is 30.3 Å². The predicted molar refractivity (Wildman–Crippen MR) is 163 cm³/mol. The maximum atomic E-state index is 15.2. The molecule has 1 N–H and O–H groups in total. The Hall–Kier alpha value is -2.83. The molecule has 0 radical (unpaired) electrons. The highest BCUT2D eigenvalue weighted by Gasteiger charge is 2.28. The zero-order valence-corrected chi connectivity index (χ0v) is 25.0. The third-order valence-corrected chi connectivity index (χ3v) is 8.36. The summed E-state index contributed by atoms with van der Waals surface area (Å²) in [7, 11) is 0. The Morgan fingerprint density at radius 3 is 2.76 bits per heavy atom. The zero-order chi connectivity index (χ0) is 29.4. The lowest BCUT2D eigenvalue weighted by Gasteiger charge is -2.22. The predicted octanol–water partition coefficient (Wildman–Crippen LogP) is 9.06. The fraction of sp³-hybridized carbons (Fsp3) is 0.471. The summed E-state index contributed by atoms with van der Waals surface area (Å²) in [5.41, 5.74) is 4.98. The highest BCUT2D eigenvalue weighted by atomic mass is 35.5. The van der Waals surface area contributed by atoms with Crippen LogP contribution < -0.4 is 4.74 Å². The Morgan fingerprint density at radius 2 is 2.02 bits per heavy atom. The van der Waals surface area contributed by atoms with Crippen molar-refractivity contribution in [2.45, 2.75) is 64.9 Å². The largest absolute Gasteiger partial charge is 0.512 e. The van der Waals surface area contributed by atoms with E-state index in [9.17, 15) is 9.50 Å². The van der Waals surface area contributed by atoms with Crippen LogP contribution in [-0.2, 0) is 4.74 Å². The molecule has 1 aromatic carbocycles. The van der Waals surface area contributed by atoms with E-state index in [1.165, 1.54) is 6.07 Å². The van der Waals surface area contributed by atoms with Crippen molar-refractivity contribution < 1.29 is 23.4 Å². The average molecular weight is 586 g/mol. The number of halogens is 3. The molecule has 1 aromatic rings. The third kappa shape index (κ3) is 7.92. The van der Waals surface area contributed by atoms with E-state index < -0.39 is 5.82 Å². The minimum Gasteiger partial charge on any atom is -0.512 e. The topological polar surface area (TPSA) is 41.9 Å². The molecule has 0 bridgehead atoms. The molecule has 2 aliphatic carbocycles. The first-order valence-electron chi connectivity index (χ1n) is 14.8. The second-order valence-corrected chi connectivity index (χ2v) is 11.4. The molecule has 222 valence electrons. The van der Waals surface area contributed by atoms with Gasteiger partial charge in [-0.25, -0.2) is 4.39 Å². The molecular formula is C34H42ClF2NO3. The first kappa shape index (κ1) is 31.1. The quantitative estimate of drug-likeness (QED) is 0.208. The standard InChI is InChI=1S/C34H42ClF2NO3/c1-4-27(41-28-16-19-38(22-28)18-7-17-36)14-10-23(3)33-29(25-20-31(35)34(40-5-2)32(37)21-25)9-6-8-24-11-12-26(39)13-15-30(24)33/h4,10,13-15,20-21,24,28,39H,1,5-9,11-12,16-19,22H2,2-3H3/b23-10+,27-14+/t24?,28-/m0/s1. The highest BCUT2D eigenvalue weighted by Crippen LogP contribution is 2.45. The third-order valence-electron chi connectivity index (χ3n) is 8.08. The van der Waals surface area contributed by atoms with Crippen LogP contribution >= 0.6 is 11.6 Å². The Morgan fingerprint density at radius 1 is 1.20 bits per heavy atom. The lowest BCUT2D eigenvalue weighted by atomic mass is 9.83. The van der Waals surface area contributed by atoms with Crippen molar-refractivity contribution in [2.75, 3.05) is 32.9 Å². The fourth-order valence-electron chi connectivity index (χ4n) is 6.08. The SMILES string of the molecule is C=C/C(=C\C=C(/C)C1=C(c2cc(F)c(OCC)c(Cl)c2)CCCC2CCC(O)=CC=C12)O[C@H]1CCN(CCCF)C1. The Kier molecular flexibility index (Phi) is 11.3. The van der Waals surface area contributed by atoms with Crippen LogP contribution in [0, 0.1) is 11.7 Å². The van der Waals surface area contributed by atoms with Crippen molar-refractivity contribution in [2.24, 2.45) is 5.92 Å². The zero-order valence-electron chi connectivity index (χ0n) is 24.2. The van der Waals surface area contributed by atoms with Crippen molar-refractivity contribution in [1.82, 2.24) is 4.90 Å². The summed E-state index contributed by atoms with van der Waals surface area (Å²) in [5.74, 6) is 0.934. The van der Waals surface area contributed by atoms with E-state index in [4.69, 9.17) is 21.1 Å². The van der Waals surface area contributed by atoms with E-state index in [2.05, 4.69) is 18.4 Å². The molecule has 7 heteroatoms. The second kappa shape index (κ2) is 14.9. The number of benzene rings is 1. The molecule has 0 saturated carbocycles. The van der Waals surface area contributed by atoms with E-state index in [-0.39, 0.29) is 29.5 Å². The van der Waals surface area contributed by atoms with Gasteiger partial charge < -0.3 is 14.6 Å². The normalized spacial score (nSPS) is 22.5. The number of hydrogen-bond donors (Lipinski definition) is 1. The number of alkyl halides is 1. The van der Waals surface area contributed by atoms with Crippen LogP contribution in [-0.4, -0.2) is 49.0 Å². The van der Waals surface area contributed by atoms with Gasteiger partial charge in [0.25, 0.3) is 0 Å². The first-order valence-corrected chi connectivity index (χ1v) is 15.1. The average Bonchev–Trinajstić information content (AvgIpc) is 3.22. The van der Waals surface area contributed by atoms with Crippen molar-refractivity contribution >= 4 is 17.2 Å². The van der Waals surface area contributed by atoms with Gasteiger partial charge in [0.1, 0.15) is 11.9 Å². The fourth-order valence-corrected chi connectivity index (χ4v) is 6.35. The van der Waals surface area contributed by atoms with Crippen LogP contribution in [0.4, 0.5) is 8.78 Å². The molecule has 41 heavy (non-hydrogen) atoms. The molecule has 1 saturated heterocycles. The van der Waals surface area contributed by atoms with Crippen LogP contribution in [0.3, 0.4) is 0 Å². The van der Waals surface area contributed by atoms with E-state index >= 15 is 4.39 Å². The van der Waals surface area contributed by atoms with Gasteiger partial charge >= 0.3 is 0 Å². The van der Waals surface area contributed by atoms with Crippen molar-refractivity contribution in [1.29, 1.82) is 0 Å². The lowest BCUT2D eigenvalue weighted by molar-refractivity contribution is 0.129. The van der Waals surface area contributed by atoms with Gasteiger partial charge in [-0.15, -0.1) is 0 Å². The van der Waals surface area contributed by atoms with Crippen LogP contribution in [0.1, 0.15) is 64.4 Å². The number of allylic oxidation sites excluding steroid dienone is 10. The number of likely N-dealkylation sites (tertiary alicyclic amines) is 1. The monoisotopic (exact) mass is 585 g/mol. The summed E-state index contributed by atoms with van der Waals surface area (Å²) in [6.45, 7) is 10.3. The van der Waals surface area contributed by atoms with Crippen LogP contribution in [0.5, 0.6) is 5.75 Å². The number of aliphatic hydroxyl groups excluding tert-OH is 1. The van der Waals surface area contributed by atoms with E-state index in [1.54, 1.807) is 25.1 Å². The van der Waals surface area contributed by atoms with Gasteiger partial charge in [0.15, 0.2) is 11.6 Å². The maximum Gasteiger partial charge on any atom is 0.173 e. The van der Waals surface area contributed by atoms with Gasteiger partial charge in [0, 0.05) is 26.1 Å². The van der Waals surface area contributed by atoms with Gasteiger partial charge in [-0.3, -0.25) is 9.29 Å². The number of nitrogens with zero attached hydrogens (tertiary/aromatic N) is 1. The van der Waals surface area contributed by atoms with Gasteiger partial charge in [0.05, 0.1) is 24.1 Å². The summed E-state index contributed by atoms with van der Waals surface area (Å²) in [6.07, 6.45) is 15.2. The Labute approximate surface area is 248 Å². The molecule has 1 fully saturated rings. The molecule has 3 aliphatic rings. The molecule has 0 aromatic heterocycles. The second-order valence-electron chi connectivity index (χ2n) is 11.0. The minimum absolute atomic E-state index is 0.0382. The lowest BCUT2D eigenvalue weighted by Crippen LogP contribution is -2.24. The minimum atomic E-state index is -0.477. The molecule has 1 aliphatic heterocycles. The summed E-state index contributed by atoms with van der Waals surface area (Å²) in [5, 5.41) is 10.6. The van der Waals surface area contributed by atoms with Gasteiger partial charge in [-0.05, 0) is 117 Å². The number of hydrogen-bond acceptors (Lipinski definition) is 4. The first-order chi connectivity index (χ1) is 19.8. The van der Waals surface area contributed by atoms with Crippen LogP contribution in [0.15, 0.2) is 77.3 Å². The summed E-state index contributed by atoms with van der Waals surface area (Å²) in [6, 6.07) is 3.32. The van der Waals surface area contributed by atoms with E-state index in [1.807, 2.05) is 18.2 Å². The van der Waals surface area contributed by atoms with Crippen LogP contribution in [0.25, 0.3) is 5.57 Å². The van der Waals surface area contributed by atoms with E-state index in [0.29, 0.717) is 31.0 Å². The van der Waals surface area contributed by atoms with Crippen molar-refractivity contribution in [3.63, 3.8) is 0 Å². The molecule has 4 nitrogen and oxygen atoms in total. The molecule has 1 heterocycles. The molecule has 0 spiro atoms. The maximum absolute atomic E-state index is 15.2. The number of ether oxygens (including phenoxy) is 2. The van der Waals surface area contributed by atoms with Gasteiger partial charge in [0.2, 0.25) is 0 Å².